The van der Waals surface area contributed by atoms with Crippen LogP contribution in [0.3, 0.4) is 0 Å². The van der Waals surface area contributed by atoms with Crippen molar-refractivity contribution in [1.29, 1.82) is 5.26 Å². The Bertz CT molecular complexity index is 187. The molecule has 2 unspecified atom stereocenters. The Kier molecular flexibility index (Phi) is 2.32. The number of nitrogens with zero attached hydrogens (tertiary/aromatic N) is 1. The first kappa shape index (κ1) is 8.07. The lowest BCUT2D eigenvalue weighted by Crippen LogP contribution is -2.30. The van der Waals surface area contributed by atoms with Crippen LogP contribution in [0, 0.1) is 23.2 Å². The van der Waals surface area contributed by atoms with Crippen molar-refractivity contribution in [2.75, 3.05) is 6.61 Å². The van der Waals surface area contributed by atoms with Gasteiger partial charge in [-0.05, 0) is 31.6 Å². The van der Waals surface area contributed by atoms with Gasteiger partial charge in [0.05, 0.1) is 18.1 Å². The van der Waals surface area contributed by atoms with Gasteiger partial charge in [0.15, 0.2) is 0 Å². The Morgan fingerprint density at radius 3 is 2.50 bits per heavy atom. The van der Waals surface area contributed by atoms with Crippen molar-refractivity contribution in [3.8, 4) is 6.07 Å². The van der Waals surface area contributed by atoms with E-state index in [2.05, 4.69) is 6.07 Å². The molecule has 1 aliphatic carbocycles. The van der Waals surface area contributed by atoms with E-state index < -0.39 is 0 Å². The summed E-state index contributed by atoms with van der Waals surface area (Å²) >= 11 is 0. The third-order valence-electron chi connectivity index (χ3n) is 3.17. The molecule has 1 saturated heterocycles. The van der Waals surface area contributed by atoms with Crippen molar-refractivity contribution < 1.29 is 4.74 Å². The van der Waals surface area contributed by atoms with Gasteiger partial charge in [-0.15, -0.1) is 0 Å². The van der Waals surface area contributed by atoms with Crippen LogP contribution in [0.5, 0.6) is 0 Å². The van der Waals surface area contributed by atoms with Crippen molar-refractivity contribution in [3.05, 3.63) is 0 Å². The van der Waals surface area contributed by atoms with Gasteiger partial charge in [-0.1, -0.05) is 6.42 Å². The van der Waals surface area contributed by atoms with Crippen LogP contribution in [0.15, 0.2) is 0 Å². The van der Waals surface area contributed by atoms with E-state index in [0.717, 1.165) is 19.4 Å². The molecule has 1 heterocycles. The highest BCUT2D eigenvalue weighted by Crippen LogP contribution is 2.37. The Morgan fingerprint density at radius 2 is 2.08 bits per heavy atom. The fourth-order valence-corrected chi connectivity index (χ4v) is 2.18. The van der Waals surface area contributed by atoms with E-state index in [0.29, 0.717) is 5.92 Å². The minimum absolute atomic E-state index is 0.196. The summed E-state index contributed by atoms with van der Waals surface area (Å²) in [5.74, 6) is 0.847. The van der Waals surface area contributed by atoms with Gasteiger partial charge in [0.25, 0.3) is 0 Å². The van der Waals surface area contributed by atoms with Crippen LogP contribution in [0.1, 0.15) is 32.1 Å². The minimum atomic E-state index is 0.196. The zero-order chi connectivity index (χ0) is 8.39. The first-order chi connectivity index (χ1) is 5.92. The molecule has 0 aromatic rings. The lowest BCUT2D eigenvalue weighted by molar-refractivity contribution is 0.0425. The molecule has 0 N–H and O–H groups in total. The minimum Gasteiger partial charge on any atom is -0.377 e. The number of hydrogen-bond donors (Lipinski definition) is 0. The molecule has 0 radical (unpaired) electrons. The second-order valence-electron chi connectivity index (χ2n) is 3.90. The highest BCUT2D eigenvalue weighted by molar-refractivity contribution is 4.97. The van der Waals surface area contributed by atoms with E-state index in [4.69, 9.17) is 10.00 Å². The van der Waals surface area contributed by atoms with Crippen molar-refractivity contribution in [2.24, 2.45) is 11.8 Å². The van der Waals surface area contributed by atoms with E-state index >= 15 is 0 Å². The SMILES string of the molecule is N#CC(C1CCC1)C1CCCO1. The molecule has 0 spiro atoms. The highest BCUT2D eigenvalue weighted by atomic mass is 16.5. The van der Waals surface area contributed by atoms with Gasteiger partial charge in [0.2, 0.25) is 0 Å². The summed E-state index contributed by atoms with van der Waals surface area (Å²) < 4.78 is 5.54. The summed E-state index contributed by atoms with van der Waals surface area (Å²) in [6.45, 7) is 0.871. The molecular formula is C10H15NO. The maximum atomic E-state index is 8.99. The molecule has 12 heavy (non-hydrogen) atoms. The Balaban J connectivity index is 1.92. The quantitative estimate of drug-likeness (QED) is 0.627. The normalized spacial score (nSPS) is 32.4. The van der Waals surface area contributed by atoms with E-state index in [9.17, 15) is 0 Å². The summed E-state index contributed by atoms with van der Waals surface area (Å²) in [4.78, 5) is 0. The Labute approximate surface area is 73.5 Å². The lowest BCUT2D eigenvalue weighted by atomic mass is 9.74. The standard InChI is InChI=1S/C10H15NO/c11-7-9(8-3-1-4-8)10-5-2-6-12-10/h8-10H,1-6H2. The maximum absolute atomic E-state index is 8.99. The van der Waals surface area contributed by atoms with Crippen LogP contribution in [0.2, 0.25) is 0 Å². The summed E-state index contributed by atoms with van der Waals surface area (Å²) in [6.07, 6.45) is 6.33. The Morgan fingerprint density at radius 1 is 1.25 bits per heavy atom. The van der Waals surface area contributed by atoms with Gasteiger partial charge < -0.3 is 4.74 Å². The van der Waals surface area contributed by atoms with Gasteiger partial charge in [0.1, 0.15) is 0 Å². The van der Waals surface area contributed by atoms with Crippen LogP contribution in [-0.2, 0) is 4.74 Å². The molecule has 2 fully saturated rings. The summed E-state index contributed by atoms with van der Waals surface area (Å²) in [5, 5.41) is 8.99. The van der Waals surface area contributed by atoms with Crippen molar-refractivity contribution in [3.63, 3.8) is 0 Å². The van der Waals surface area contributed by atoms with Crippen LogP contribution < -0.4 is 0 Å². The molecular weight excluding hydrogens is 150 g/mol. The molecule has 0 aromatic carbocycles. The average Bonchev–Trinajstić information content (AvgIpc) is 2.47. The topological polar surface area (TPSA) is 33.0 Å². The van der Waals surface area contributed by atoms with Gasteiger partial charge in [0, 0.05) is 6.61 Å². The number of hydrogen-bond acceptors (Lipinski definition) is 2. The molecule has 1 aliphatic heterocycles. The molecule has 2 rings (SSSR count). The van der Waals surface area contributed by atoms with E-state index in [-0.39, 0.29) is 12.0 Å². The molecule has 66 valence electrons. The fraction of sp³-hybridized carbons (Fsp3) is 0.900. The van der Waals surface area contributed by atoms with Crippen molar-refractivity contribution in [1.82, 2.24) is 0 Å². The van der Waals surface area contributed by atoms with Crippen molar-refractivity contribution >= 4 is 0 Å². The van der Waals surface area contributed by atoms with Crippen LogP contribution in [0.25, 0.3) is 0 Å². The zero-order valence-electron chi connectivity index (χ0n) is 7.33. The second kappa shape index (κ2) is 3.45. The third-order valence-corrected chi connectivity index (χ3v) is 3.17. The number of rotatable bonds is 2. The monoisotopic (exact) mass is 165 g/mol. The zero-order valence-corrected chi connectivity index (χ0v) is 7.33. The summed E-state index contributed by atoms with van der Waals surface area (Å²) in [7, 11) is 0. The predicted molar refractivity (Wildman–Crippen MR) is 45.4 cm³/mol. The Hall–Kier alpha value is -0.550. The number of ether oxygens (including phenoxy) is 1. The highest BCUT2D eigenvalue weighted by Gasteiger charge is 2.35. The number of nitriles is 1. The van der Waals surface area contributed by atoms with E-state index in [1.165, 1.54) is 19.3 Å². The summed E-state index contributed by atoms with van der Waals surface area (Å²) in [6, 6.07) is 2.42. The molecule has 0 amide bonds. The van der Waals surface area contributed by atoms with Crippen molar-refractivity contribution in [2.45, 2.75) is 38.2 Å². The first-order valence-corrected chi connectivity index (χ1v) is 4.93. The fourth-order valence-electron chi connectivity index (χ4n) is 2.18. The first-order valence-electron chi connectivity index (χ1n) is 4.93. The molecule has 2 nitrogen and oxygen atoms in total. The average molecular weight is 165 g/mol. The summed E-state index contributed by atoms with van der Waals surface area (Å²) in [5.41, 5.74) is 0. The maximum Gasteiger partial charge on any atom is 0.0753 e. The second-order valence-corrected chi connectivity index (χ2v) is 3.90. The van der Waals surface area contributed by atoms with Gasteiger partial charge >= 0.3 is 0 Å². The molecule has 2 atom stereocenters. The van der Waals surface area contributed by atoms with Crippen LogP contribution in [0.4, 0.5) is 0 Å². The van der Waals surface area contributed by atoms with E-state index in [1.54, 1.807) is 0 Å². The molecule has 2 aliphatic rings. The van der Waals surface area contributed by atoms with Gasteiger partial charge in [-0.3, -0.25) is 0 Å². The molecule has 0 aromatic heterocycles. The predicted octanol–water partition coefficient (Wildman–Crippen LogP) is 2.11. The molecule has 1 saturated carbocycles. The van der Waals surface area contributed by atoms with Crippen LogP contribution in [-0.4, -0.2) is 12.7 Å². The van der Waals surface area contributed by atoms with Gasteiger partial charge in [-0.25, -0.2) is 0 Å². The van der Waals surface area contributed by atoms with E-state index in [1.807, 2.05) is 0 Å². The smallest absolute Gasteiger partial charge is 0.0753 e. The molecule has 2 heteroatoms. The molecule has 0 bridgehead atoms. The van der Waals surface area contributed by atoms with Crippen LogP contribution >= 0.6 is 0 Å². The third kappa shape index (κ3) is 1.34. The lowest BCUT2D eigenvalue weighted by Gasteiger charge is -2.32. The van der Waals surface area contributed by atoms with Gasteiger partial charge in [-0.2, -0.15) is 5.26 Å². The largest absolute Gasteiger partial charge is 0.377 e.